The number of imidazole rings is 1. The minimum Gasteiger partial charge on any atom is -0.379 e. The van der Waals surface area contributed by atoms with Gasteiger partial charge in [-0.2, -0.15) is 0 Å². The molecule has 1 aliphatic heterocycles. The summed E-state index contributed by atoms with van der Waals surface area (Å²) >= 11 is 1.47. The molecule has 224 valence electrons. The number of carbonyl (C=O) groups excluding carboxylic acids is 2. The van der Waals surface area contributed by atoms with Crippen LogP contribution in [0.2, 0.25) is 0 Å². The van der Waals surface area contributed by atoms with Gasteiger partial charge in [-0.05, 0) is 48.1 Å². The van der Waals surface area contributed by atoms with E-state index in [1.807, 2.05) is 12.3 Å². The minimum atomic E-state index is -0.370. The highest BCUT2D eigenvalue weighted by molar-refractivity contribution is 7.98. The van der Waals surface area contributed by atoms with E-state index < -0.39 is 0 Å². The Hall–Kier alpha value is -4.13. The van der Waals surface area contributed by atoms with Crippen LogP contribution in [0.3, 0.4) is 0 Å². The number of thioether (sulfide) groups is 1. The van der Waals surface area contributed by atoms with Crippen molar-refractivity contribution in [2.45, 2.75) is 25.4 Å². The molecule has 1 saturated heterocycles. The number of pyridine rings is 2. The van der Waals surface area contributed by atoms with Crippen LogP contribution in [0.25, 0.3) is 33.5 Å². The van der Waals surface area contributed by atoms with E-state index in [1.165, 1.54) is 37.7 Å². The molecule has 1 aliphatic rings. The topological polar surface area (TPSA) is 116 Å². The fraction of sp³-hybridized carbons (Fsp3) is 0.323. The molecular weight excluding hydrogens is 569 g/mol. The van der Waals surface area contributed by atoms with E-state index in [4.69, 9.17) is 9.72 Å². The van der Waals surface area contributed by atoms with Crippen molar-refractivity contribution < 1.29 is 18.7 Å². The number of carbonyl (C=O) groups is 2. The zero-order valence-corrected chi connectivity index (χ0v) is 25.2. The number of H-pyrrole nitrogens is 1. The molecule has 5 rings (SSSR count). The van der Waals surface area contributed by atoms with E-state index in [0.717, 1.165) is 42.7 Å². The van der Waals surface area contributed by atoms with Crippen LogP contribution in [0.15, 0.2) is 60.1 Å². The molecule has 0 aliphatic carbocycles. The van der Waals surface area contributed by atoms with Gasteiger partial charge in [0.05, 0.1) is 25.1 Å². The monoisotopic (exact) mass is 603 g/mol. The Balaban J connectivity index is 1.68. The number of morpholine rings is 1. The Bertz CT molecular complexity index is 1590. The highest BCUT2D eigenvalue weighted by Gasteiger charge is 2.26. The molecule has 0 atom stereocenters. The van der Waals surface area contributed by atoms with Crippen molar-refractivity contribution in [1.29, 1.82) is 0 Å². The summed E-state index contributed by atoms with van der Waals surface area (Å²) in [7, 11) is 0. The molecule has 2 amide bonds. The molecule has 1 aromatic carbocycles. The van der Waals surface area contributed by atoms with Gasteiger partial charge in [-0.3, -0.25) is 19.4 Å². The summed E-state index contributed by atoms with van der Waals surface area (Å²) < 4.78 is 19.6. The van der Waals surface area contributed by atoms with Crippen LogP contribution in [0.4, 0.5) is 16.0 Å². The molecule has 0 bridgehead atoms. The van der Waals surface area contributed by atoms with E-state index in [1.54, 1.807) is 41.7 Å². The third kappa shape index (κ3) is 7.27. The number of rotatable bonds is 10. The van der Waals surface area contributed by atoms with E-state index in [2.05, 4.69) is 25.2 Å². The second-order valence-corrected chi connectivity index (χ2v) is 10.9. The number of nitrogens with one attached hydrogen (secondary N) is 2. The van der Waals surface area contributed by atoms with Crippen molar-refractivity contribution in [1.82, 2.24) is 24.8 Å². The molecule has 0 unspecified atom stereocenters. The van der Waals surface area contributed by atoms with Crippen LogP contribution >= 0.6 is 11.8 Å². The van der Waals surface area contributed by atoms with Gasteiger partial charge in [-0.15, -0.1) is 0 Å². The summed E-state index contributed by atoms with van der Waals surface area (Å²) in [4.78, 5) is 46.0. The molecule has 2 N–H and O–H groups in total. The van der Waals surface area contributed by atoms with Gasteiger partial charge in [0.15, 0.2) is 5.16 Å². The number of hydrogen-bond donors (Lipinski definition) is 2. The number of nitrogens with zero attached hydrogens (tertiary/aromatic N) is 5. The third-order valence-electron chi connectivity index (χ3n) is 7.18. The van der Waals surface area contributed by atoms with E-state index in [-0.39, 0.29) is 17.6 Å². The first kappa shape index (κ1) is 30.3. The van der Waals surface area contributed by atoms with Crippen molar-refractivity contribution >= 4 is 35.2 Å². The molecule has 0 radical (unpaired) electrons. The highest BCUT2D eigenvalue weighted by Crippen LogP contribution is 2.44. The molecule has 0 spiro atoms. The van der Waals surface area contributed by atoms with Crippen molar-refractivity contribution in [3.63, 3.8) is 0 Å². The number of aromatic amines is 1. The van der Waals surface area contributed by atoms with Gasteiger partial charge < -0.3 is 15.0 Å². The molecule has 4 heterocycles. The van der Waals surface area contributed by atoms with Gasteiger partial charge >= 0.3 is 0 Å². The molecule has 43 heavy (non-hydrogen) atoms. The van der Waals surface area contributed by atoms with Crippen LogP contribution in [0.5, 0.6) is 0 Å². The molecule has 1 fully saturated rings. The number of hydrogen-bond acceptors (Lipinski definition) is 8. The Kier molecular flexibility index (Phi) is 9.80. The quantitative estimate of drug-likeness (QED) is 0.241. The largest absolute Gasteiger partial charge is 0.379 e. The number of amides is 2. The maximum Gasteiger partial charge on any atom is 0.225 e. The highest BCUT2D eigenvalue weighted by atomic mass is 32.2. The normalized spacial score (nSPS) is 13.6. The lowest BCUT2D eigenvalue weighted by atomic mass is 9.91. The first-order chi connectivity index (χ1) is 20.8. The van der Waals surface area contributed by atoms with Crippen LogP contribution in [-0.4, -0.2) is 82.3 Å². The van der Waals surface area contributed by atoms with Gasteiger partial charge in [-0.1, -0.05) is 23.9 Å². The minimum absolute atomic E-state index is 0.150. The summed E-state index contributed by atoms with van der Waals surface area (Å²) in [5.41, 5.74) is 4.27. The van der Waals surface area contributed by atoms with E-state index >= 15 is 0 Å². The van der Waals surface area contributed by atoms with E-state index in [9.17, 15) is 14.0 Å². The van der Waals surface area contributed by atoms with Gasteiger partial charge in [0.25, 0.3) is 0 Å². The first-order valence-electron chi connectivity index (χ1n) is 14.0. The lowest BCUT2D eigenvalue weighted by Gasteiger charge is -2.29. The van der Waals surface area contributed by atoms with Gasteiger partial charge in [0, 0.05) is 69.1 Å². The molecule has 10 nitrogen and oxygen atoms in total. The van der Waals surface area contributed by atoms with Crippen LogP contribution in [0.1, 0.15) is 20.3 Å². The smallest absolute Gasteiger partial charge is 0.225 e. The van der Waals surface area contributed by atoms with Crippen LogP contribution in [0, 0.1) is 5.82 Å². The molecule has 0 saturated carbocycles. The van der Waals surface area contributed by atoms with Crippen LogP contribution in [-0.2, 0) is 14.3 Å². The number of halogens is 1. The lowest BCUT2D eigenvalue weighted by molar-refractivity contribution is -0.116. The van der Waals surface area contributed by atoms with Gasteiger partial charge in [0.2, 0.25) is 11.8 Å². The second-order valence-electron chi connectivity index (χ2n) is 10.1. The lowest BCUT2D eigenvalue weighted by Crippen LogP contribution is -2.39. The molecule has 12 heteroatoms. The average molecular weight is 604 g/mol. The van der Waals surface area contributed by atoms with Crippen molar-refractivity contribution in [2.75, 3.05) is 55.9 Å². The summed E-state index contributed by atoms with van der Waals surface area (Å²) in [6.45, 7) is 7.37. The standard InChI is InChI=1S/C31H34FN7O3S/c1-20(40)36-27-17-23(9-10-33-27)25-18-34-30(39(21(2)41)12-4-11-38-13-15-42-16-14-38)28(22-5-7-24(32)8-6-22)29(25)26-19-35-31(37-26)43-3/h5-10,17-19H,4,11-16H2,1-3H3,(H,35,37)(H,33,36,40). The number of ether oxygens (including phenoxy) is 1. The number of anilines is 2. The maximum absolute atomic E-state index is 14.1. The van der Waals surface area contributed by atoms with Crippen molar-refractivity contribution in [3.8, 4) is 33.5 Å². The van der Waals surface area contributed by atoms with Crippen molar-refractivity contribution in [2.24, 2.45) is 0 Å². The predicted molar refractivity (Wildman–Crippen MR) is 166 cm³/mol. The summed E-state index contributed by atoms with van der Waals surface area (Å²) in [5, 5.41) is 3.45. The first-order valence-corrected chi connectivity index (χ1v) is 15.3. The maximum atomic E-state index is 14.1. The zero-order chi connectivity index (χ0) is 30.3. The second kappa shape index (κ2) is 13.9. The van der Waals surface area contributed by atoms with E-state index in [0.29, 0.717) is 53.4 Å². The summed E-state index contributed by atoms with van der Waals surface area (Å²) in [6, 6.07) is 9.78. The fourth-order valence-electron chi connectivity index (χ4n) is 5.16. The molecular formula is C31H34FN7O3S. The molecule has 4 aromatic rings. The average Bonchev–Trinajstić information content (AvgIpc) is 3.49. The summed E-state index contributed by atoms with van der Waals surface area (Å²) in [6.07, 6.45) is 7.75. The SMILES string of the molecule is CSc1ncc(-c2c(-c3ccnc(NC(C)=O)c3)cnc(N(CCCN3CCOCC3)C(C)=O)c2-c2ccc(F)cc2)[nH]1. The van der Waals surface area contributed by atoms with Crippen LogP contribution < -0.4 is 10.2 Å². The fourth-order valence-corrected chi connectivity index (χ4v) is 5.53. The Morgan fingerprint density at radius 2 is 1.81 bits per heavy atom. The predicted octanol–water partition coefficient (Wildman–Crippen LogP) is 5.10. The summed E-state index contributed by atoms with van der Waals surface area (Å²) in [5.74, 6) is 0.105. The number of aromatic nitrogens is 4. The third-order valence-corrected chi connectivity index (χ3v) is 7.77. The molecule has 3 aromatic heterocycles. The Morgan fingerprint density at radius 3 is 2.49 bits per heavy atom. The Morgan fingerprint density at radius 1 is 1.05 bits per heavy atom. The Labute approximate surface area is 254 Å². The van der Waals surface area contributed by atoms with Crippen molar-refractivity contribution in [3.05, 3.63) is 60.8 Å². The van der Waals surface area contributed by atoms with Gasteiger partial charge in [-0.25, -0.2) is 19.3 Å². The zero-order valence-electron chi connectivity index (χ0n) is 24.4. The number of benzene rings is 1. The van der Waals surface area contributed by atoms with Gasteiger partial charge in [0.1, 0.15) is 17.5 Å².